The van der Waals surface area contributed by atoms with E-state index in [1.54, 1.807) is 31.2 Å². The molecule has 1 rings (SSSR count). The minimum atomic E-state index is -0.678. The van der Waals surface area contributed by atoms with Gasteiger partial charge in [-0.05, 0) is 13.0 Å². The molecule has 1 N–H and O–H groups in total. The predicted molar refractivity (Wildman–Crippen MR) is 54.5 cm³/mol. The monoisotopic (exact) mass is 210 g/mol. The Hall–Kier alpha value is -1.55. The second-order valence-electron chi connectivity index (χ2n) is 3.05. The lowest BCUT2D eigenvalue weighted by Gasteiger charge is -2.14. The minimum absolute atomic E-state index is 0.121. The summed E-state index contributed by atoms with van der Waals surface area (Å²) in [6.07, 6.45) is -0.678. The lowest BCUT2D eigenvalue weighted by atomic mass is 10.2. The summed E-state index contributed by atoms with van der Waals surface area (Å²) in [4.78, 5) is 11.1. The van der Waals surface area contributed by atoms with Crippen molar-refractivity contribution < 1.29 is 19.4 Å². The van der Waals surface area contributed by atoms with Crippen molar-refractivity contribution in [1.82, 2.24) is 0 Å². The van der Waals surface area contributed by atoms with Crippen molar-refractivity contribution >= 4 is 5.97 Å². The van der Waals surface area contributed by atoms with E-state index >= 15 is 0 Å². The van der Waals surface area contributed by atoms with Gasteiger partial charge in [-0.1, -0.05) is 18.2 Å². The predicted octanol–water partition coefficient (Wildman–Crippen LogP) is 1.12. The van der Waals surface area contributed by atoms with E-state index in [-0.39, 0.29) is 6.61 Å². The Morgan fingerprint density at radius 3 is 2.73 bits per heavy atom. The van der Waals surface area contributed by atoms with Crippen LogP contribution in [0.4, 0.5) is 0 Å². The highest BCUT2D eigenvalue weighted by Crippen LogP contribution is 2.19. The molecule has 0 aromatic heterocycles. The molecule has 1 atom stereocenters. The van der Waals surface area contributed by atoms with Crippen LogP contribution in [0.25, 0.3) is 0 Å². The van der Waals surface area contributed by atoms with Crippen LogP contribution in [-0.4, -0.2) is 24.3 Å². The van der Waals surface area contributed by atoms with Gasteiger partial charge in [-0.2, -0.15) is 0 Å². The summed E-state index contributed by atoms with van der Waals surface area (Å²) in [7, 11) is 1.31. The van der Waals surface area contributed by atoms with Crippen LogP contribution >= 0.6 is 0 Å². The van der Waals surface area contributed by atoms with Gasteiger partial charge in [0.15, 0.2) is 6.10 Å². The first-order chi connectivity index (χ1) is 7.19. The molecule has 82 valence electrons. The van der Waals surface area contributed by atoms with E-state index in [0.29, 0.717) is 11.3 Å². The molecule has 0 saturated carbocycles. The molecule has 0 aliphatic carbocycles. The topological polar surface area (TPSA) is 55.8 Å². The van der Waals surface area contributed by atoms with Gasteiger partial charge in [-0.3, -0.25) is 0 Å². The molecule has 1 aromatic rings. The first kappa shape index (κ1) is 11.5. The molecule has 0 saturated heterocycles. The molecule has 0 bridgehead atoms. The fraction of sp³-hybridized carbons (Fsp3) is 0.364. The van der Waals surface area contributed by atoms with Gasteiger partial charge in [0.2, 0.25) is 0 Å². The van der Waals surface area contributed by atoms with Gasteiger partial charge in [-0.15, -0.1) is 0 Å². The first-order valence-corrected chi connectivity index (χ1v) is 4.62. The van der Waals surface area contributed by atoms with Gasteiger partial charge in [0, 0.05) is 5.56 Å². The molecule has 1 aromatic carbocycles. The third-order valence-electron chi connectivity index (χ3n) is 1.98. The summed E-state index contributed by atoms with van der Waals surface area (Å²) in [6.45, 7) is 1.48. The molecule has 0 radical (unpaired) electrons. The van der Waals surface area contributed by atoms with Crippen LogP contribution in [0, 0.1) is 0 Å². The molecule has 4 heteroatoms. The van der Waals surface area contributed by atoms with Crippen molar-refractivity contribution in [2.24, 2.45) is 0 Å². The number of aliphatic hydroxyl groups excluding tert-OH is 1. The number of methoxy groups -OCH3 is 1. The molecule has 0 heterocycles. The Morgan fingerprint density at radius 1 is 1.47 bits per heavy atom. The Bertz CT molecular complexity index is 335. The van der Waals surface area contributed by atoms with Crippen LogP contribution < -0.4 is 4.74 Å². The summed E-state index contributed by atoms with van der Waals surface area (Å²) in [5, 5.41) is 9.03. The number of hydrogen-bond acceptors (Lipinski definition) is 4. The van der Waals surface area contributed by atoms with Crippen molar-refractivity contribution in [3.8, 4) is 5.75 Å². The van der Waals surface area contributed by atoms with E-state index in [2.05, 4.69) is 4.74 Å². The van der Waals surface area contributed by atoms with Gasteiger partial charge in [0.1, 0.15) is 5.75 Å². The highest BCUT2D eigenvalue weighted by atomic mass is 16.6. The summed E-state index contributed by atoms with van der Waals surface area (Å²) in [6, 6.07) is 7.00. The van der Waals surface area contributed by atoms with Crippen molar-refractivity contribution in [2.45, 2.75) is 19.6 Å². The Balaban J connectivity index is 2.75. The molecule has 0 spiro atoms. The third-order valence-corrected chi connectivity index (χ3v) is 1.98. The standard InChI is InChI=1S/C11H14O4/c1-8(11(13)14-2)15-10-6-4-3-5-9(10)7-12/h3-6,8,12H,7H2,1-2H3/t8-/m0/s1. The quantitative estimate of drug-likeness (QED) is 0.756. The van der Waals surface area contributed by atoms with Gasteiger partial charge in [-0.25, -0.2) is 4.79 Å². The second-order valence-corrected chi connectivity index (χ2v) is 3.05. The molecule has 0 fully saturated rings. The van der Waals surface area contributed by atoms with Crippen LogP contribution in [0.15, 0.2) is 24.3 Å². The van der Waals surface area contributed by atoms with Gasteiger partial charge in [0.25, 0.3) is 0 Å². The fourth-order valence-corrected chi connectivity index (χ4v) is 1.15. The zero-order valence-electron chi connectivity index (χ0n) is 8.77. The van der Waals surface area contributed by atoms with Crippen molar-refractivity contribution in [1.29, 1.82) is 0 Å². The molecule has 0 aliphatic rings. The van der Waals surface area contributed by atoms with Crippen molar-refractivity contribution in [3.63, 3.8) is 0 Å². The highest BCUT2D eigenvalue weighted by molar-refractivity contribution is 5.74. The maximum absolute atomic E-state index is 11.1. The van der Waals surface area contributed by atoms with Gasteiger partial charge < -0.3 is 14.6 Å². The number of hydrogen-bond donors (Lipinski definition) is 1. The van der Waals surface area contributed by atoms with E-state index in [4.69, 9.17) is 9.84 Å². The van der Waals surface area contributed by atoms with Crippen LogP contribution in [0.3, 0.4) is 0 Å². The molecule has 0 amide bonds. The number of ether oxygens (including phenoxy) is 2. The summed E-state index contributed by atoms with van der Waals surface area (Å²) in [5.74, 6) is 0.0562. The molecule has 4 nitrogen and oxygen atoms in total. The van der Waals surface area contributed by atoms with E-state index in [9.17, 15) is 4.79 Å². The largest absolute Gasteiger partial charge is 0.479 e. The zero-order chi connectivity index (χ0) is 11.3. The smallest absolute Gasteiger partial charge is 0.346 e. The van der Waals surface area contributed by atoms with Gasteiger partial charge in [0.05, 0.1) is 13.7 Å². The molecule has 15 heavy (non-hydrogen) atoms. The number of esters is 1. The Kier molecular flexibility index (Phi) is 4.12. The Labute approximate surface area is 88.4 Å². The highest BCUT2D eigenvalue weighted by Gasteiger charge is 2.15. The minimum Gasteiger partial charge on any atom is -0.479 e. The molecular formula is C11H14O4. The van der Waals surface area contributed by atoms with E-state index in [1.807, 2.05) is 0 Å². The van der Waals surface area contributed by atoms with Crippen molar-refractivity contribution in [2.75, 3.05) is 7.11 Å². The number of benzene rings is 1. The summed E-state index contributed by atoms with van der Waals surface area (Å²) >= 11 is 0. The average molecular weight is 210 g/mol. The lowest BCUT2D eigenvalue weighted by molar-refractivity contribution is -0.147. The number of para-hydroxylation sites is 1. The maximum atomic E-state index is 11.1. The number of carbonyl (C=O) groups is 1. The average Bonchev–Trinajstić information content (AvgIpc) is 2.28. The number of rotatable bonds is 4. The number of carbonyl (C=O) groups excluding carboxylic acids is 1. The van der Waals surface area contributed by atoms with Crippen LogP contribution in [0.1, 0.15) is 12.5 Å². The van der Waals surface area contributed by atoms with E-state index in [1.165, 1.54) is 7.11 Å². The SMILES string of the molecule is COC(=O)[C@H](C)Oc1ccccc1CO. The van der Waals surface area contributed by atoms with Crippen molar-refractivity contribution in [3.05, 3.63) is 29.8 Å². The van der Waals surface area contributed by atoms with Gasteiger partial charge >= 0.3 is 5.97 Å². The van der Waals surface area contributed by atoms with E-state index < -0.39 is 12.1 Å². The maximum Gasteiger partial charge on any atom is 0.346 e. The summed E-state index contributed by atoms with van der Waals surface area (Å²) in [5.41, 5.74) is 0.647. The zero-order valence-corrected chi connectivity index (χ0v) is 8.77. The second kappa shape index (κ2) is 5.36. The normalized spacial score (nSPS) is 11.9. The summed E-state index contributed by atoms with van der Waals surface area (Å²) < 4.78 is 9.89. The molecule has 0 unspecified atom stereocenters. The van der Waals surface area contributed by atoms with Crippen LogP contribution in [-0.2, 0) is 16.1 Å². The van der Waals surface area contributed by atoms with Crippen LogP contribution in [0.2, 0.25) is 0 Å². The third kappa shape index (κ3) is 2.95. The first-order valence-electron chi connectivity index (χ1n) is 4.62. The fourth-order valence-electron chi connectivity index (χ4n) is 1.15. The Morgan fingerprint density at radius 2 is 2.13 bits per heavy atom. The van der Waals surface area contributed by atoms with Crippen LogP contribution in [0.5, 0.6) is 5.75 Å². The molecule has 0 aliphatic heterocycles. The van der Waals surface area contributed by atoms with E-state index in [0.717, 1.165) is 0 Å². The number of aliphatic hydroxyl groups is 1. The molecular weight excluding hydrogens is 196 g/mol. The lowest BCUT2D eigenvalue weighted by Crippen LogP contribution is -2.25.